The molecule has 0 heterocycles. The number of alkyl halides is 9. The number of likely N-dealkylation sites (N-methyl/N-ethyl adjacent to an activating group) is 1. The van der Waals surface area contributed by atoms with Crippen molar-refractivity contribution in [3.63, 3.8) is 0 Å². The van der Waals surface area contributed by atoms with Crippen molar-refractivity contribution >= 4 is 39.6 Å². The summed E-state index contributed by atoms with van der Waals surface area (Å²) in [5.41, 5.74) is 2.07. The van der Waals surface area contributed by atoms with Crippen molar-refractivity contribution < 1.29 is 76.5 Å². The van der Waals surface area contributed by atoms with Gasteiger partial charge in [-0.2, -0.15) is 43.8 Å². The van der Waals surface area contributed by atoms with Gasteiger partial charge in [-0.15, -0.1) is 0 Å². The molecule has 0 spiro atoms. The van der Waals surface area contributed by atoms with Gasteiger partial charge >= 0.3 is 41.4 Å². The highest BCUT2D eigenvalue weighted by atomic mass is 32.2. The molecule has 2 rings (SSSR count). The fraction of sp³-hybridized carbons (Fsp3) is 0.370. The Bertz CT molecular complexity index is 1550. The first kappa shape index (κ1) is 39.6. The van der Waals surface area contributed by atoms with Gasteiger partial charge in [0.15, 0.2) is 0 Å². The molecule has 0 unspecified atom stereocenters. The molecule has 21 heteroatoms. The third-order valence-corrected chi connectivity index (χ3v) is 7.93. The molecule has 2 amide bonds. The maximum Gasteiger partial charge on any atom is 0.460 e. The average molecular weight is 724 g/mol. The van der Waals surface area contributed by atoms with Crippen LogP contribution in [0.5, 0.6) is 0 Å². The first-order valence-electron chi connectivity index (χ1n) is 13.1. The van der Waals surface area contributed by atoms with Crippen LogP contribution in [0.2, 0.25) is 0 Å². The first-order valence-corrected chi connectivity index (χ1v) is 14.5. The zero-order chi connectivity index (χ0) is 36.6. The summed E-state index contributed by atoms with van der Waals surface area (Å²) in [5.74, 6) is -15.5. The monoisotopic (exact) mass is 723 g/mol. The van der Waals surface area contributed by atoms with Crippen molar-refractivity contribution in [3.05, 3.63) is 72.3 Å². The average Bonchev–Trinajstić information content (AvgIpc) is 3.00. The summed E-state index contributed by atoms with van der Waals surface area (Å²) in [6.07, 6.45) is -7.92. The standard InChI is InChI=1S/C27H26F9N3O8S/c1-3-21(40)45-14-15-47-23(42)38-20-10-6-18(7-11-20)16-17-4-8-19(9-5-17)37-22(41)46-13-12-39(2)48(43,44)27(35,36)25(30,31)24(28,29)26(32,33)34/h3-11H,1,12-16H2,2H3,(H,37,41)(H,38,42). The fourth-order valence-corrected chi connectivity index (χ4v) is 4.56. The summed E-state index contributed by atoms with van der Waals surface area (Å²) < 4.78 is 155. The molecule has 2 N–H and O–H groups in total. The molecular weight excluding hydrogens is 697 g/mol. The van der Waals surface area contributed by atoms with Crippen LogP contribution in [-0.4, -0.2) is 87.6 Å². The Morgan fingerprint density at radius 1 is 0.729 bits per heavy atom. The summed E-state index contributed by atoms with van der Waals surface area (Å²) in [6, 6.07) is 12.6. The van der Waals surface area contributed by atoms with Crippen LogP contribution < -0.4 is 10.6 Å². The number of hydrogen-bond donors (Lipinski definition) is 2. The predicted octanol–water partition coefficient (Wildman–Crippen LogP) is 5.79. The molecule has 0 radical (unpaired) electrons. The van der Waals surface area contributed by atoms with E-state index < -0.39 is 68.9 Å². The number of carbonyl (C=O) groups excluding carboxylic acids is 3. The maximum atomic E-state index is 13.9. The number of nitrogens with one attached hydrogen (secondary N) is 2. The summed E-state index contributed by atoms with van der Waals surface area (Å²) in [6.45, 7) is 0.476. The van der Waals surface area contributed by atoms with Crippen LogP contribution in [0.25, 0.3) is 0 Å². The molecule has 0 saturated carbocycles. The van der Waals surface area contributed by atoms with Crippen molar-refractivity contribution in [3.8, 4) is 0 Å². The van der Waals surface area contributed by atoms with Crippen LogP contribution in [0.15, 0.2) is 61.2 Å². The topological polar surface area (TPSA) is 140 Å². The summed E-state index contributed by atoms with van der Waals surface area (Å²) >= 11 is 0. The molecule has 266 valence electrons. The lowest BCUT2D eigenvalue weighted by atomic mass is 10.0. The Balaban J connectivity index is 1.86. The normalized spacial score (nSPS) is 12.6. The van der Waals surface area contributed by atoms with Gasteiger partial charge in [-0.25, -0.2) is 22.8 Å². The van der Waals surface area contributed by atoms with Gasteiger partial charge in [0.1, 0.15) is 19.8 Å². The minimum atomic E-state index is -7.41. The lowest BCUT2D eigenvalue weighted by Crippen LogP contribution is -2.65. The lowest BCUT2D eigenvalue weighted by molar-refractivity contribution is -0.382. The smallest absolute Gasteiger partial charge is 0.459 e. The number of benzene rings is 2. The zero-order valence-corrected chi connectivity index (χ0v) is 25.3. The lowest BCUT2D eigenvalue weighted by Gasteiger charge is -2.34. The SMILES string of the molecule is C=CC(=O)OCCOC(=O)Nc1ccc(Cc2ccc(NC(=O)OCCN(C)S(=O)(=O)C(F)(F)C(F)(F)C(F)(F)C(F)(F)F)cc2)cc1. The Labute approximate surface area is 266 Å². The highest BCUT2D eigenvalue weighted by Gasteiger charge is 2.85. The molecule has 0 fully saturated rings. The molecular formula is C27H26F9N3O8S. The van der Waals surface area contributed by atoms with E-state index in [1.54, 1.807) is 36.4 Å². The molecule has 0 aliphatic heterocycles. The van der Waals surface area contributed by atoms with Gasteiger partial charge in [-0.1, -0.05) is 30.8 Å². The maximum absolute atomic E-state index is 13.9. The fourth-order valence-electron chi connectivity index (χ4n) is 3.40. The number of esters is 1. The molecule has 0 saturated heterocycles. The number of hydrogen-bond acceptors (Lipinski definition) is 8. The largest absolute Gasteiger partial charge is 0.460 e. The van der Waals surface area contributed by atoms with Crippen LogP contribution in [-0.2, 0) is 35.4 Å². The van der Waals surface area contributed by atoms with Crippen LogP contribution in [0.3, 0.4) is 0 Å². The second kappa shape index (κ2) is 15.6. The number of sulfonamides is 1. The van der Waals surface area contributed by atoms with E-state index in [4.69, 9.17) is 4.74 Å². The van der Waals surface area contributed by atoms with Gasteiger partial charge in [0.05, 0.1) is 0 Å². The number of rotatable bonds is 15. The Kier molecular flexibility index (Phi) is 12.9. The molecule has 0 bridgehead atoms. The van der Waals surface area contributed by atoms with Crippen molar-refractivity contribution in [2.24, 2.45) is 0 Å². The second-order valence-corrected chi connectivity index (χ2v) is 11.5. The molecule has 0 aliphatic rings. The molecule has 0 aromatic heterocycles. The molecule has 48 heavy (non-hydrogen) atoms. The van der Waals surface area contributed by atoms with Gasteiger partial charge in [-0.3, -0.25) is 10.6 Å². The molecule has 0 aliphatic carbocycles. The molecule has 11 nitrogen and oxygen atoms in total. The third kappa shape index (κ3) is 9.52. The number of halogens is 9. The summed E-state index contributed by atoms with van der Waals surface area (Å²) in [5, 5.41) is -2.24. The van der Waals surface area contributed by atoms with Gasteiger partial charge in [0.2, 0.25) is 0 Å². The van der Waals surface area contributed by atoms with E-state index in [1.807, 2.05) is 0 Å². The highest BCUT2D eigenvalue weighted by molar-refractivity contribution is 7.90. The predicted molar refractivity (Wildman–Crippen MR) is 149 cm³/mol. The van der Waals surface area contributed by atoms with E-state index in [0.717, 1.165) is 17.2 Å². The quantitative estimate of drug-likeness (QED) is 0.0774. The van der Waals surface area contributed by atoms with E-state index in [0.29, 0.717) is 12.1 Å². The highest BCUT2D eigenvalue weighted by Crippen LogP contribution is 2.55. The minimum Gasteiger partial charge on any atom is -0.459 e. The van der Waals surface area contributed by atoms with Crippen LogP contribution >= 0.6 is 0 Å². The Morgan fingerprint density at radius 2 is 1.15 bits per heavy atom. The summed E-state index contributed by atoms with van der Waals surface area (Å²) in [4.78, 5) is 34.7. The van der Waals surface area contributed by atoms with E-state index >= 15 is 0 Å². The van der Waals surface area contributed by atoms with Gasteiger partial charge in [0, 0.05) is 31.0 Å². The van der Waals surface area contributed by atoms with Gasteiger partial charge in [0.25, 0.3) is 10.0 Å². The molecule has 2 aromatic carbocycles. The summed E-state index contributed by atoms with van der Waals surface area (Å²) in [7, 11) is -6.65. The third-order valence-electron chi connectivity index (χ3n) is 6.03. The second-order valence-electron chi connectivity index (χ2n) is 9.45. The van der Waals surface area contributed by atoms with E-state index in [1.165, 1.54) is 12.1 Å². The Morgan fingerprint density at radius 3 is 1.56 bits per heavy atom. The first-order chi connectivity index (χ1) is 22.1. The van der Waals surface area contributed by atoms with E-state index in [-0.39, 0.29) is 25.9 Å². The Hall–Kier alpha value is -4.53. The number of ether oxygens (including phenoxy) is 3. The van der Waals surface area contributed by atoms with Gasteiger partial charge < -0.3 is 14.2 Å². The van der Waals surface area contributed by atoms with Crippen molar-refractivity contribution in [1.29, 1.82) is 0 Å². The van der Waals surface area contributed by atoms with E-state index in [2.05, 4.69) is 26.7 Å². The van der Waals surface area contributed by atoms with Crippen molar-refractivity contribution in [2.45, 2.75) is 29.7 Å². The van der Waals surface area contributed by atoms with Gasteiger partial charge in [-0.05, 0) is 41.8 Å². The molecule has 0 atom stereocenters. The number of carbonyl (C=O) groups is 3. The van der Waals surface area contributed by atoms with Crippen molar-refractivity contribution in [2.75, 3.05) is 44.0 Å². The number of amides is 2. The van der Waals surface area contributed by atoms with Crippen molar-refractivity contribution in [1.82, 2.24) is 4.31 Å². The number of nitrogens with zero attached hydrogens (tertiary/aromatic N) is 1. The minimum absolute atomic E-state index is 0.127. The van der Waals surface area contributed by atoms with E-state index in [9.17, 15) is 62.3 Å². The molecule has 2 aromatic rings. The van der Waals surface area contributed by atoms with Crippen LogP contribution in [0.4, 0.5) is 60.5 Å². The number of anilines is 2. The van der Waals surface area contributed by atoms with Crippen LogP contribution in [0, 0.1) is 0 Å². The zero-order valence-electron chi connectivity index (χ0n) is 24.5. The van der Waals surface area contributed by atoms with Crippen LogP contribution in [0.1, 0.15) is 11.1 Å².